The van der Waals surface area contributed by atoms with Gasteiger partial charge in [0.15, 0.2) is 0 Å². The number of likely N-dealkylation sites (tertiary alicyclic amines) is 1. The fourth-order valence-electron chi connectivity index (χ4n) is 2.31. The maximum absolute atomic E-state index is 13.7. The summed E-state index contributed by atoms with van der Waals surface area (Å²) in [5, 5.41) is 19.7. The van der Waals surface area contributed by atoms with Gasteiger partial charge in [0.2, 0.25) is 0 Å². The lowest BCUT2D eigenvalue weighted by atomic mass is 10.1. The Labute approximate surface area is 104 Å². The molecule has 1 fully saturated rings. The summed E-state index contributed by atoms with van der Waals surface area (Å²) in [6.45, 7) is 1.27. The van der Waals surface area contributed by atoms with E-state index < -0.39 is 10.7 Å². The first kappa shape index (κ1) is 12.9. The van der Waals surface area contributed by atoms with Crippen molar-refractivity contribution >= 4 is 5.69 Å². The minimum absolute atomic E-state index is 0.0641. The van der Waals surface area contributed by atoms with Crippen LogP contribution in [0.5, 0.6) is 0 Å². The number of benzene rings is 1. The summed E-state index contributed by atoms with van der Waals surface area (Å²) in [4.78, 5) is 11.9. The van der Waals surface area contributed by atoms with Gasteiger partial charge in [-0.3, -0.25) is 15.0 Å². The maximum Gasteiger partial charge on any atom is 0.272 e. The van der Waals surface area contributed by atoms with Crippen LogP contribution in [0, 0.1) is 15.9 Å². The third kappa shape index (κ3) is 2.65. The van der Waals surface area contributed by atoms with Crippen molar-refractivity contribution in [3.8, 4) is 0 Å². The van der Waals surface area contributed by atoms with Crippen LogP contribution in [0.4, 0.5) is 10.1 Å². The van der Waals surface area contributed by atoms with Crippen molar-refractivity contribution in [2.24, 2.45) is 0 Å². The Morgan fingerprint density at radius 1 is 1.56 bits per heavy atom. The number of non-ortho nitro benzene ring substituents is 1. The molecule has 1 saturated heterocycles. The summed E-state index contributed by atoms with van der Waals surface area (Å²) in [5.41, 5.74) is 0.192. The number of nitro benzene ring substituents is 1. The Balaban J connectivity index is 2.12. The van der Waals surface area contributed by atoms with Crippen LogP contribution in [0.3, 0.4) is 0 Å². The first-order chi connectivity index (χ1) is 8.61. The highest BCUT2D eigenvalue weighted by Gasteiger charge is 2.24. The zero-order chi connectivity index (χ0) is 13.1. The summed E-state index contributed by atoms with van der Waals surface area (Å²) in [5.74, 6) is -0.562. The zero-order valence-electron chi connectivity index (χ0n) is 9.88. The average Bonchev–Trinajstić information content (AvgIpc) is 2.78. The number of hydrogen-bond donors (Lipinski definition) is 1. The van der Waals surface area contributed by atoms with Gasteiger partial charge >= 0.3 is 0 Å². The molecule has 98 valence electrons. The molecule has 0 aliphatic carbocycles. The van der Waals surface area contributed by atoms with Crippen molar-refractivity contribution in [1.82, 2.24) is 4.90 Å². The van der Waals surface area contributed by atoms with E-state index in [0.717, 1.165) is 25.5 Å². The molecule has 5 nitrogen and oxygen atoms in total. The predicted molar refractivity (Wildman–Crippen MR) is 63.6 cm³/mol. The summed E-state index contributed by atoms with van der Waals surface area (Å²) >= 11 is 0. The lowest BCUT2D eigenvalue weighted by molar-refractivity contribution is -0.385. The summed E-state index contributed by atoms with van der Waals surface area (Å²) in [6, 6.07) is 3.77. The van der Waals surface area contributed by atoms with Gasteiger partial charge in [-0.25, -0.2) is 4.39 Å². The Bertz CT molecular complexity index is 453. The van der Waals surface area contributed by atoms with E-state index in [1.807, 2.05) is 4.90 Å². The monoisotopic (exact) mass is 254 g/mol. The minimum atomic E-state index is -0.612. The van der Waals surface area contributed by atoms with Crippen LogP contribution >= 0.6 is 0 Å². The largest absolute Gasteiger partial charge is 0.395 e. The molecular formula is C12H15FN2O3. The molecule has 1 aliphatic heterocycles. The second kappa shape index (κ2) is 5.41. The van der Waals surface area contributed by atoms with Crippen LogP contribution in [0.1, 0.15) is 18.4 Å². The van der Waals surface area contributed by atoms with Crippen LogP contribution in [0.25, 0.3) is 0 Å². The van der Waals surface area contributed by atoms with Crippen molar-refractivity contribution < 1.29 is 14.4 Å². The first-order valence-corrected chi connectivity index (χ1v) is 5.89. The fourth-order valence-corrected chi connectivity index (χ4v) is 2.31. The van der Waals surface area contributed by atoms with Gasteiger partial charge in [-0.05, 0) is 25.5 Å². The number of halogens is 1. The van der Waals surface area contributed by atoms with Crippen LogP contribution < -0.4 is 0 Å². The first-order valence-electron chi connectivity index (χ1n) is 5.89. The topological polar surface area (TPSA) is 66.6 Å². The van der Waals surface area contributed by atoms with E-state index in [1.54, 1.807) is 0 Å². The molecule has 1 aliphatic rings. The van der Waals surface area contributed by atoms with Crippen LogP contribution in [-0.4, -0.2) is 34.1 Å². The van der Waals surface area contributed by atoms with Crippen LogP contribution in [0.15, 0.2) is 18.2 Å². The molecule has 2 rings (SSSR count). The van der Waals surface area contributed by atoms with Crippen molar-refractivity contribution in [3.05, 3.63) is 39.7 Å². The van der Waals surface area contributed by atoms with Gasteiger partial charge in [0.25, 0.3) is 5.69 Å². The van der Waals surface area contributed by atoms with Gasteiger partial charge in [-0.2, -0.15) is 0 Å². The highest BCUT2D eigenvalue weighted by molar-refractivity contribution is 5.34. The molecule has 0 saturated carbocycles. The third-order valence-electron chi connectivity index (χ3n) is 3.33. The summed E-state index contributed by atoms with van der Waals surface area (Å²) in [6.07, 6.45) is 1.89. The van der Waals surface area contributed by atoms with Gasteiger partial charge in [-0.15, -0.1) is 0 Å². The molecule has 0 aromatic heterocycles. The molecule has 0 bridgehead atoms. The lowest BCUT2D eigenvalue weighted by Crippen LogP contribution is -2.31. The van der Waals surface area contributed by atoms with Crippen molar-refractivity contribution in [3.63, 3.8) is 0 Å². The van der Waals surface area contributed by atoms with E-state index in [-0.39, 0.29) is 18.3 Å². The normalized spacial score (nSPS) is 20.2. The van der Waals surface area contributed by atoms with Crippen LogP contribution in [0.2, 0.25) is 0 Å². The quantitative estimate of drug-likeness (QED) is 0.656. The van der Waals surface area contributed by atoms with Gasteiger partial charge < -0.3 is 5.11 Å². The molecule has 0 amide bonds. The van der Waals surface area contributed by atoms with Crippen LogP contribution in [-0.2, 0) is 6.54 Å². The standard InChI is InChI=1S/C12H15FN2O3/c13-12-6-10(15(17)18)4-3-9(12)7-14-5-1-2-11(14)8-16/h3-4,6,11,16H,1-2,5,7-8H2. The van der Waals surface area contributed by atoms with Gasteiger partial charge in [0.1, 0.15) is 5.82 Å². The highest BCUT2D eigenvalue weighted by Crippen LogP contribution is 2.23. The minimum Gasteiger partial charge on any atom is -0.395 e. The smallest absolute Gasteiger partial charge is 0.272 e. The molecule has 1 aromatic carbocycles. The second-order valence-corrected chi connectivity index (χ2v) is 4.48. The summed E-state index contributed by atoms with van der Waals surface area (Å²) in [7, 11) is 0. The molecule has 1 unspecified atom stereocenters. The van der Waals surface area contributed by atoms with E-state index in [0.29, 0.717) is 12.1 Å². The molecule has 6 heteroatoms. The average molecular weight is 254 g/mol. The van der Waals surface area contributed by atoms with E-state index in [2.05, 4.69) is 0 Å². The lowest BCUT2D eigenvalue weighted by Gasteiger charge is -2.22. The van der Waals surface area contributed by atoms with Gasteiger partial charge in [-0.1, -0.05) is 0 Å². The molecule has 1 heterocycles. The van der Waals surface area contributed by atoms with E-state index in [4.69, 9.17) is 0 Å². The number of hydrogen-bond acceptors (Lipinski definition) is 4. The van der Waals surface area contributed by atoms with Gasteiger partial charge in [0, 0.05) is 24.2 Å². The molecule has 18 heavy (non-hydrogen) atoms. The Kier molecular flexibility index (Phi) is 3.88. The molecule has 1 aromatic rings. The Morgan fingerprint density at radius 3 is 2.94 bits per heavy atom. The molecule has 0 radical (unpaired) electrons. The summed E-state index contributed by atoms with van der Waals surface area (Å²) < 4.78 is 13.7. The van der Waals surface area contributed by atoms with E-state index in [1.165, 1.54) is 12.1 Å². The molecule has 1 atom stereocenters. The maximum atomic E-state index is 13.7. The number of aliphatic hydroxyl groups excluding tert-OH is 1. The Morgan fingerprint density at radius 2 is 2.33 bits per heavy atom. The zero-order valence-corrected chi connectivity index (χ0v) is 9.88. The van der Waals surface area contributed by atoms with Crippen molar-refractivity contribution in [1.29, 1.82) is 0 Å². The van der Waals surface area contributed by atoms with Gasteiger partial charge in [0.05, 0.1) is 17.6 Å². The van der Waals surface area contributed by atoms with E-state index in [9.17, 15) is 19.6 Å². The molecule has 1 N–H and O–H groups in total. The second-order valence-electron chi connectivity index (χ2n) is 4.48. The van der Waals surface area contributed by atoms with Crippen molar-refractivity contribution in [2.75, 3.05) is 13.2 Å². The molecule has 0 spiro atoms. The number of nitrogens with zero attached hydrogens (tertiary/aromatic N) is 2. The highest BCUT2D eigenvalue weighted by atomic mass is 19.1. The predicted octanol–water partition coefficient (Wildman–Crippen LogP) is 1.69. The van der Waals surface area contributed by atoms with E-state index >= 15 is 0 Å². The fraction of sp³-hybridized carbons (Fsp3) is 0.500. The number of aliphatic hydroxyl groups is 1. The number of nitro groups is 1. The third-order valence-corrected chi connectivity index (χ3v) is 3.33. The SMILES string of the molecule is O=[N+]([O-])c1ccc(CN2CCCC2CO)c(F)c1. The van der Waals surface area contributed by atoms with Crippen molar-refractivity contribution in [2.45, 2.75) is 25.4 Å². The Hall–Kier alpha value is -1.53. The molecular weight excluding hydrogens is 239 g/mol. The number of rotatable bonds is 4.